The molecule has 2 heterocycles. The van der Waals surface area contributed by atoms with E-state index in [9.17, 15) is 5.26 Å². The Hall–Kier alpha value is -2.51. The number of fused-ring (bicyclic) bond motifs is 3. The molecule has 0 atom stereocenters. The van der Waals surface area contributed by atoms with E-state index >= 15 is 0 Å². The lowest BCUT2D eigenvalue weighted by molar-refractivity contribution is 1.14. The number of aromatic nitrogens is 1. The van der Waals surface area contributed by atoms with E-state index in [1.807, 2.05) is 17.8 Å². The van der Waals surface area contributed by atoms with Crippen LogP contribution in [0.3, 0.4) is 0 Å². The van der Waals surface area contributed by atoms with Gasteiger partial charge in [0.2, 0.25) is 0 Å². The van der Waals surface area contributed by atoms with Crippen LogP contribution in [0.25, 0.3) is 10.9 Å². The number of benzene rings is 2. The van der Waals surface area contributed by atoms with Crippen molar-refractivity contribution < 1.29 is 0 Å². The fraction of sp³-hybridized carbons (Fsp3) is 0.200. The van der Waals surface area contributed by atoms with E-state index in [1.54, 1.807) is 6.20 Å². The fourth-order valence-electron chi connectivity index (χ4n) is 3.21. The number of aryl methyl sites for hydroxylation is 2. The third kappa shape index (κ3) is 2.51. The standard InChI is InChI=1S/C20H17N3S/c1-2-13-4-3-5-15(10-13)23-20-14(11-21)12-22-17-6-7-18-16(19(17)20)8-9-24-18/h3-7,10,12H,2,8-9H2,1H3,(H,22,23). The quantitative estimate of drug-likeness (QED) is 0.728. The predicted molar refractivity (Wildman–Crippen MR) is 100.0 cm³/mol. The van der Waals surface area contributed by atoms with Crippen molar-refractivity contribution in [3.05, 3.63) is 59.3 Å². The van der Waals surface area contributed by atoms with E-state index in [4.69, 9.17) is 0 Å². The summed E-state index contributed by atoms with van der Waals surface area (Å²) in [6.45, 7) is 2.14. The van der Waals surface area contributed by atoms with Gasteiger partial charge >= 0.3 is 0 Å². The number of anilines is 2. The van der Waals surface area contributed by atoms with Crippen LogP contribution in [-0.2, 0) is 12.8 Å². The number of nitrogens with zero attached hydrogens (tertiary/aromatic N) is 2. The van der Waals surface area contributed by atoms with Gasteiger partial charge in [0.1, 0.15) is 6.07 Å². The number of hydrogen-bond acceptors (Lipinski definition) is 4. The minimum atomic E-state index is 0.592. The highest BCUT2D eigenvalue weighted by atomic mass is 32.2. The number of rotatable bonds is 3. The van der Waals surface area contributed by atoms with Crippen LogP contribution in [-0.4, -0.2) is 10.7 Å². The van der Waals surface area contributed by atoms with E-state index in [2.05, 4.69) is 53.6 Å². The Bertz CT molecular complexity index is 973. The van der Waals surface area contributed by atoms with Crippen molar-refractivity contribution in [3.8, 4) is 6.07 Å². The highest BCUT2D eigenvalue weighted by molar-refractivity contribution is 7.99. The Labute approximate surface area is 145 Å². The van der Waals surface area contributed by atoms with Gasteiger partial charge in [-0.25, -0.2) is 0 Å². The maximum Gasteiger partial charge on any atom is 0.103 e. The Kier molecular flexibility index (Phi) is 3.87. The van der Waals surface area contributed by atoms with E-state index in [-0.39, 0.29) is 0 Å². The highest BCUT2D eigenvalue weighted by Crippen LogP contribution is 2.40. The molecule has 2 aromatic carbocycles. The first-order valence-corrected chi connectivity index (χ1v) is 9.12. The van der Waals surface area contributed by atoms with Gasteiger partial charge in [-0.2, -0.15) is 5.26 Å². The molecule has 3 nitrogen and oxygen atoms in total. The fourth-order valence-corrected chi connectivity index (χ4v) is 4.28. The molecule has 0 unspecified atom stereocenters. The van der Waals surface area contributed by atoms with Gasteiger partial charge in [0.25, 0.3) is 0 Å². The van der Waals surface area contributed by atoms with Crippen LogP contribution >= 0.6 is 11.8 Å². The summed E-state index contributed by atoms with van der Waals surface area (Å²) in [5.41, 5.74) is 6.03. The van der Waals surface area contributed by atoms with E-state index in [0.29, 0.717) is 5.56 Å². The minimum Gasteiger partial charge on any atom is -0.354 e. The molecule has 4 heteroatoms. The van der Waals surface area contributed by atoms with Crippen molar-refractivity contribution in [3.63, 3.8) is 0 Å². The molecule has 1 aromatic heterocycles. The molecule has 0 spiro atoms. The Balaban J connectivity index is 1.92. The van der Waals surface area contributed by atoms with Crippen LogP contribution in [0.1, 0.15) is 23.6 Å². The molecular weight excluding hydrogens is 314 g/mol. The molecule has 0 aliphatic carbocycles. The van der Waals surface area contributed by atoms with Crippen LogP contribution in [0.2, 0.25) is 0 Å². The summed E-state index contributed by atoms with van der Waals surface area (Å²) in [5, 5.41) is 14.2. The number of nitrogens with one attached hydrogen (secondary N) is 1. The first-order chi connectivity index (χ1) is 11.8. The first-order valence-electron chi connectivity index (χ1n) is 8.13. The molecule has 0 saturated heterocycles. The predicted octanol–water partition coefficient (Wildman–Crippen LogP) is 5.06. The Morgan fingerprint density at radius 2 is 2.21 bits per heavy atom. The monoisotopic (exact) mass is 331 g/mol. The normalized spacial score (nSPS) is 12.8. The van der Waals surface area contributed by atoms with Gasteiger partial charge in [-0.05, 0) is 48.2 Å². The molecule has 24 heavy (non-hydrogen) atoms. The molecule has 3 aromatic rings. The molecule has 0 amide bonds. The molecule has 0 saturated carbocycles. The average Bonchev–Trinajstić information content (AvgIpc) is 3.10. The zero-order valence-electron chi connectivity index (χ0n) is 13.5. The van der Waals surface area contributed by atoms with Crippen molar-refractivity contribution >= 4 is 34.0 Å². The second-order valence-corrected chi connectivity index (χ2v) is 7.01. The number of nitriles is 1. The lowest BCUT2D eigenvalue weighted by atomic mass is 10.0. The lowest BCUT2D eigenvalue weighted by Crippen LogP contribution is -1.99. The Morgan fingerprint density at radius 3 is 3.04 bits per heavy atom. The maximum atomic E-state index is 9.57. The smallest absolute Gasteiger partial charge is 0.103 e. The van der Waals surface area contributed by atoms with Gasteiger partial charge in [0.05, 0.1) is 16.8 Å². The summed E-state index contributed by atoms with van der Waals surface area (Å²) in [6, 6.07) is 14.9. The summed E-state index contributed by atoms with van der Waals surface area (Å²) in [4.78, 5) is 5.80. The Morgan fingerprint density at radius 1 is 1.29 bits per heavy atom. The van der Waals surface area contributed by atoms with Crippen molar-refractivity contribution in [1.29, 1.82) is 5.26 Å². The van der Waals surface area contributed by atoms with Crippen LogP contribution < -0.4 is 5.32 Å². The summed E-state index contributed by atoms with van der Waals surface area (Å²) in [6.07, 6.45) is 3.68. The molecule has 0 radical (unpaired) electrons. The van der Waals surface area contributed by atoms with Gasteiger partial charge in [0, 0.05) is 27.9 Å². The van der Waals surface area contributed by atoms with Crippen molar-refractivity contribution in [2.24, 2.45) is 0 Å². The summed E-state index contributed by atoms with van der Waals surface area (Å²) in [7, 11) is 0. The zero-order chi connectivity index (χ0) is 16.5. The number of thioether (sulfide) groups is 1. The number of hydrogen-bond donors (Lipinski definition) is 1. The van der Waals surface area contributed by atoms with Crippen LogP contribution in [0, 0.1) is 11.3 Å². The van der Waals surface area contributed by atoms with Crippen LogP contribution in [0.15, 0.2) is 47.5 Å². The molecule has 0 bridgehead atoms. The van der Waals surface area contributed by atoms with Gasteiger partial charge in [-0.1, -0.05) is 19.1 Å². The maximum absolute atomic E-state index is 9.57. The average molecular weight is 331 g/mol. The largest absolute Gasteiger partial charge is 0.354 e. The molecule has 1 aliphatic rings. The van der Waals surface area contributed by atoms with Gasteiger partial charge < -0.3 is 5.32 Å². The zero-order valence-corrected chi connectivity index (χ0v) is 14.3. The topological polar surface area (TPSA) is 48.7 Å². The summed E-state index contributed by atoms with van der Waals surface area (Å²) < 4.78 is 0. The second kappa shape index (κ2) is 6.18. The van der Waals surface area contributed by atoms with E-state index < -0.39 is 0 Å². The first kappa shape index (κ1) is 15.0. The molecule has 118 valence electrons. The van der Waals surface area contributed by atoms with Gasteiger partial charge in [-0.15, -0.1) is 11.8 Å². The van der Waals surface area contributed by atoms with Crippen molar-refractivity contribution in [1.82, 2.24) is 4.98 Å². The molecule has 4 rings (SSSR count). The molecule has 1 N–H and O–H groups in total. The molecule has 0 fully saturated rings. The van der Waals surface area contributed by atoms with Crippen molar-refractivity contribution in [2.75, 3.05) is 11.1 Å². The van der Waals surface area contributed by atoms with E-state index in [0.717, 1.165) is 40.9 Å². The van der Waals surface area contributed by atoms with Crippen LogP contribution in [0.5, 0.6) is 0 Å². The summed E-state index contributed by atoms with van der Waals surface area (Å²) in [5.74, 6) is 1.09. The van der Waals surface area contributed by atoms with Gasteiger partial charge in [-0.3, -0.25) is 4.98 Å². The second-order valence-electron chi connectivity index (χ2n) is 5.87. The minimum absolute atomic E-state index is 0.592. The highest BCUT2D eigenvalue weighted by Gasteiger charge is 2.19. The third-order valence-electron chi connectivity index (χ3n) is 4.43. The summed E-state index contributed by atoms with van der Waals surface area (Å²) >= 11 is 1.88. The van der Waals surface area contributed by atoms with Gasteiger partial charge in [0.15, 0.2) is 0 Å². The SMILES string of the molecule is CCc1cccc(Nc2c(C#N)cnc3ccc4c(c23)CCS4)c1. The molecular formula is C20H17N3S. The molecule has 1 aliphatic heterocycles. The third-order valence-corrected chi connectivity index (χ3v) is 5.54. The van der Waals surface area contributed by atoms with E-state index in [1.165, 1.54) is 16.0 Å². The number of pyridine rings is 1. The van der Waals surface area contributed by atoms with Crippen LogP contribution in [0.4, 0.5) is 11.4 Å². The van der Waals surface area contributed by atoms with Crippen molar-refractivity contribution in [2.45, 2.75) is 24.7 Å². The lowest BCUT2D eigenvalue weighted by Gasteiger charge is -2.14.